The molecule has 0 aliphatic heterocycles. The number of nitrogens with one attached hydrogen (secondary N) is 1. The maximum atomic E-state index is 12.9. The average molecular weight is 483 g/mol. The monoisotopic (exact) mass is 483 g/mol. The summed E-state index contributed by atoms with van der Waals surface area (Å²) in [5, 5.41) is 6.15. The minimum atomic E-state index is -4.95. The molecule has 0 unspecified atom stereocenters. The van der Waals surface area contributed by atoms with Gasteiger partial charge in [0.25, 0.3) is 5.89 Å². The van der Waals surface area contributed by atoms with Gasteiger partial charge in [-0.1, -0.05) is 24.2 Å². The highest BCUT2D eigenvalue weighted by Gasteiger charge is 2.36. The molecule has 34 heavy (non-hydrogen) atoms. The minimum absolute atomic E-state index is 0.0355. The Bertz CT molecular complexity index is 1130. The number of aryl methyl sites for hydroxylation is 1. The zero-order valence-electron chi connectivity index (χ0n) is 17.8. The molecule has 0 aliphatic carbocycles. The molecule has 5 nitrogen and oxygen atoms in total. The number of nitrogens with zero attached hydrogens (tertiary/aromatic N) is 2. The number of carbonyl (C=O) groups excluding carboxylic acids is 1. The molecule has 0 bridgehead atoms. The Hall–Kier alpha value is -3.63. The van der Waals surface area contributed by atoms with Crippen molar-refractivity contribution < 1.29 is 35.7 Å². The Morgan fingerprint density at radius 3 is 2.18 bits per heavy atom. The van der Waals surface area contributed by atoms with Crippen molar-refractivity contribution in [2.24, 2.45) is 0 Å². The van der Waals surface area contributed by atoms with E-state index in [1.54, 1.807) is 24.3 Å². The van der Waals surface area contributed by atoms with Gasteiger partial charge in [-0.25, -0.2) is 0 Å². The Morgan fingerprint density at radius 2 is 1.62 bits per heavy atom. The fraction of sp³-hybridized carbons (Fsp3) is 0.261. The average Bonchev–Trinajstić information content (AvgIpc) is 3.24. The predicted molar refractivity (Wildman–Crippen MR) is 111 cm³/mol. The Balaban J connectivity index is 1.64. The molecule has 2 aromatic carbocycles. The van der Waals surface area contributed by atoms with Crippen molar-refractivity contribution >= 4 is 12.0 Å². The third-order valence-corrected chi connectivity index (χ3v) is 4.64. The molecule has 1 N–H and O–H groups in total. The lowest BCUT2D eigenvalue weighted by Crippen LogP contribution is -2.21. The second kappa shape index (κ2) is 10.1. The van der Waals surface area contributed by atoms with E-state index in [4.69, 9.17) is 4.52 Å². The summed E-state index contributed by atoms with van der Waals surface area (Å²) in [5.41, 5.74) is -1.89. The summed E-state index contributed by atoms with van der Waals surface area (Å²) in [6, 6.07) is 7.97. The molecule has 180 valence electrons. The summed E-state index contributed by atoms with van der Waals surface area (Å²) in [6.45, 7) is 1.49. The van der Waals surface area contributed by atoms with Gasteiger partial charge in [0.1, 0.15) is 0 Å². The SMILES string of the molecule is CCCc1noc(-c2ccc(/C=C/C(=O)NCc3cc(C(F)(F)F)cc(C(F)(F)F)c3)cc2)n1. The van der Waals surface area contributed by atoms with Gasteiger partial charge in [-0.05, 0) is 54.0 Å². The van der Waals surface area contributed by atoms with Crippen molar-refractivity contribution in [3.8, 4) is 11.5 Å². The molecule has 3 rings (SSSR count). The molecule has 0 fully saturated rings. The van der Waals surface area contributed by atoms with Crippen molar-refractivity contribution in [3.63, 3.8) is 0 Å². The van der Waals surface area contributed by atoms with Crippen LogP contribution in [0, 0.1) is 0 Å². The van der Waals surface area contributed by atoms with E-state index < -0.39 is 35.9 Å². The molecule has 0 saturated carbocycles. The summed E-state index contributed by atoms with van der Waals surface area (Å²) in [7, 11) is 0. The number of aromatic nitrogens is 2. The van der Waals surface area contributed by atoms with Crippen LogP contribution >= 0.6 is 0 Å². The molecule has 1 amide bonds. The van der Waals surface area contributed by atoms with Crippen LogP contribution in [0.3, 0.4) is 0 Å². The van der Waals surface area contributed by atoms with Crippen molar-refractivity contribution in [1.82, 2.24) is 15.5 Å². The molecule has 3 aromatic rings. The number of hydrogen-bond donors (Lipinski definition) is 1. The largest absolute Gasteiger partial charge is 0.416 e. The van der Waals surface area contributed by atoms with Crippen LogP contribution in [0.1, 0.15) is 41.4 Å². The van der Waals surface area contributed by atoms with E-state index in [0.717, 1.165) is 12.5 Å². The molecule has 11 heteroatoms. The van der Waals surface area contributed by atoms with Crippen LogP contribution in [0.4, 0.5) is 26.3 Å². The third-order valence-electron chi connectivity index (χ3n) is 4.64. The number of hydrogen-bond acceptors (Lipinski definition) is 4. The molecular formula is C23H19F6N3O2. The summed E-state index contributed by atoms with van der Waals surface area (Å²) < 4.78 is 82.8. The van der Waals surface area contributed by atoms with Crippen LogP contribution in [0.2, 0.25) is 0 Å². The lowest BCUT2D eigenvalue weighted by Gasteiger charge is -2.14. The molecular weight excluding hydrogens is 464 g/mol. The normalized spacial score (nSPS) is 12.3. The van der Waals surface area contributed by atoms with Crippen LogP contribution in [0.5, 0.6) is 0 Å². The Morgan fingerprint density at radius 1 is 1.00 bits per heavy atom. The van der Waals surface area contributed by atoms with Crippen molar-refractivity contribution in [2.45, 2.75) is 38.7 Å². The van der Waals surface area contributed by atoms with Crippen LogP contribution in [-0.4, -0.2) is 16.0 Å². The topological polar surface area (TPSA) is 68.0 Å². The van der Waals surface area contributed by atoms with Gasteiger partial charge in [0, 0.05) is 24.6 Å². The van der Waals surface area contributed by atoms with Crippen molar-refractivity contribution in [2.75, 3.05) is 0 Å². The smallest absolute Gasteiger partial charge is 0.348 e. The van der Waals surface area contributed by atoms with Gasteiger partial charge in [-0.15, -0.1) is 0 Å². The van der Waals surface area contributed by atoms with Crippen LogP contribution in [0.25, 0.3) is 17.5 Å². The standard InChI is InChI=1S/C23H19F6N3O2/c1-2-3-19-31-21(34-32-19)16-7-4-14(5-8-16)6-9-20(33)30-13-15-10-17(22(24,25)26)12-18(11-15)23(27,28)29/h4-12H,2-3,13H2,1H3,(H,30,33)/b9-6+. The van der Waals surface area contributed by atoms with E-state index in [-0.39, 0.29) is 11.6 Å². The molecule has 0 aliphatic rings. The first-order valence-corrected chi connectivity index (χ1v) is 10.1. The number of amides is 1. The van der Waals surface area contributed by atoms with Crippen LogP contribution in [0.15, 0.2) is 53.1 Å². The van der Waals surface area contributed by atoms with Crippen molar-refractivity contribution in [3.05, 3.63) is 76.6 Å². The number of halogens is 6. The van der Waals surface area contributed by atoms with Crippen LogP contribution in [-0.2, 0) is 30.1 Å². The fourth-order valence-corrected chi connectivity index (χ4v) is 2.97. The van der Waals surface area contributed by atoms with E-state index in [9.17, 15) is 31.1 Å². The van der Waals surface area contributed by atoms with Gasteiger partial charge in [0.2, 0.25) is 5.91 Å². The summed E-state index contributed by atoms with van der Waals surface area (Å²) in [5.74, 6) is 0.272. The predicted octanol–water partition coefficient (Wildman–Crippen LogP) is 6.06. The Labute approximate surface area is 190 Å². The first kappa shape index (κ1) is 25.0. The van der Waals surface area contributed by atoms with Gasteiger partial charge in [-0.2, -0.15) is 31.3 Å². The first-order valence-electron chi connectivity index (χ1n) is 10.1. The minimum Gasteiger partial charge on any atom is -0.348 e. The number of rotatable bonds is 7. The van der Waals surface area contributed by atoms with E-state index in [1.807, 2.05) is 6.92 Å². The number of benzene rings is 2. The van der Waals surface area contributed by atoms with Crippen molar-refractivity contribution in [1.29, 1.82) is 0 Å². The molecule has 0 saturated heterocycles. The van der Waals surface area contributed by atoms with E-state index in [2.05, 4.69) is 15.5 Å². The highest BCUT2D eigenvalue weighted by atomic mass is 19.4. The molecule has 0 radical (unpaired) electrons. The maximum absolute atomic E-state index is 12.9. The lowest BCUT2D eigenvalue weighted by atomic mass is 10.0. The second-order valence-electron chi connectivity index (χ2n) is 7.35. The van der Waals surface area contributed by atoms with Gasteiger partial charge in [-0.3, -0.25) is 4.79 Å². The number of carbonyl (C=O) groups is 1. The maximum Gasteiger partial charge on any atom is 0.416 e. The van der Waals surface area contributed by atoms with E-state index >= 15 is 0 Å². The summed E-state index contributed by atoms with van der Waals surface area (Å²) in [4.78, 5) is 16.3. The van der Waals surface area contributed by atoms with Gasteiger partial charge in [0.15, 0.2) is 5.82 Å². The zero-order valence-corrected chi connectivity index (χ0v) is 17.8. The van der Waals surface area contributed by atoms with Crippen LogP contribution < -0.4 is 5.32 Å². The zero-order chi connectivity index (χ0) is 24.9. The molecule has 0 atom stereocenters. The van der Waals surface area contributed by atoms with Gasteiger partial charge >= 0.3 is 12.4 Å². The highest BCUT2D eigenvalue weighted by Crippen LogP contribution is 2.36. The lowest BCUT2D eigenvalue weighted by molar-refractivity contribution is -0.143. The Kier molecular flexibility index (Phi) is 7.43. The van der Waals surface area contributed by atoms with Gasteiger partial charge < -0.3 is 9.84 Å². The molecule has 0 spiro atoms. The van der Waals surface area contributed by atoms with E-state index in [0.29, 0.717) is 41.4 Å². The quantitative estimate of drug-likeness (QED) is 0.328. The van der Waals surface area contributed by atoms with Gasteiger partial charge in [0.05, 0.1) is 11.1 Å². The molecule has 1 aromatic heterocycles. The third kappa shape index (κ3) is 6.69. The first-order chi connectivity index (χ1) is 16.0. The molecule has 1 heterocycles. The fourth-order valence-electron chi connectivity index (χ4n) is 2.97. The van der Waals surface area contributed by atoms with E-state index in [1.165, 1.54) is 6.08 Å². The number of alkyl halides is 6. The summed E-state index contributed by atoms with van der Waals surface area (Å²) >= 11 is 0. The highest BCUT2D eigenvalue weighted by molar-refractivity contribution is 5.91. The second-order valence-corrected chi connectivity index (χ2v) is 7.35. The summed E-state index contributed by atoms with van der Waals surface area (Å²) in [6.07, 6.45) is -5.77.